The summed E-state index contributed by atoms with van der Waals surface area (Å²) in [5.41, 5.74) is 3.11. The smallest absolute Gasteiger partial charge is 0.328 e. The van der Waals surface area contributed by atoms with Crippen LogP contribution in [0.25, 0.3) is 0 Å². The summed E-state index contributed by atoms with van der Waals surface area (Å²) in [5.74, 6) is 1.04. The summed E-state index contributed by atoms with van der Waals surface area (Å²) in [6, 6.07) is 4.15. The van der Waals surface area contributed by atoms with Crippen LogP contribution >= 0.6 is 0 Å². The maximum atomic E-state index is 10.4. The Morgan fingerprint density at radius 2 is 1.71 bits per heavy atom. The molecule has 0 aliphatic heterocycles. The first kappa shape index (κ1) is 16.4. The summed E-state index contributed by atoms with van der Waals surface area (Å²) in [4.78, 5) is 0. The fraction of sp³-hybridized carbons (Fsp3) is 0.667. The van der Waals surface area contributed by atoms with E-state index in [4.69, 9.17) is 4.65 Å². The van der Waals surface area contributed by atoms with Gasteiger partial charge in [-0.3, -0.25) is 0 Å². The topological polar surface area (TPSA) is 29.5 Å². The van der Waals surface area contributed by atoms with Crippen LogP contribution < -0.4 is 5.46 Å². The molecule has 1 saturated carbocycles. The highest BCUT2D eigenvalue weighted by Gasteiger charge is 2.37. The molecule has 1 aliphatic rings. The minimum absolute atomic E-state index is 0.0404. The van der Waals surface area contributed by atoms with E-state index in [0.29, 0.717) is 11.7 Å². The van der Waals surface area contributed by atoms with Crippen LogP contribution in [-0.4, -0.2) is 17.6 Å². The first-order chi connectivity index (χ1) is 9.53. The van der Waals surface area contributed by atoms with Crippen LogP contribution in [0.2, 0.25) is 6.82 Å². The molecular formula is C18H29BO2. The van der Waals surface area contributed by atoms with Crippen LogP contribution in [-0.2, 0) is 4.65 Å². The molecule has 0 bridgehead atoms. The van der Waals surface area contributed by atoms with Gasteiger partial charge in [-0.05, 0) is 62.0 Å². The van der Waals surface area contributed by atoms with Gasteiger partial charge in [-0.25, -0.2) is 0 Å². The molecule has 1 N–H and O–H groups in total. The van der Waals surface area contributed by atoms with Crippen LogP contribution in [0.3, 0.4) is 0 Å². The number of benzene rings is 1. The van der Waals surface area contributed by atoms with Gasteiger partial charge in [-0.15, -0.1) is 0 Å². The quantitative estimate of drug-likeness (QED) is 0.839. The van der Waals surface area contributed by atoms with Gasteiger partial charge in [0.2, 0.25) is 0 Å². The molecule has 3 heteroatoms. The van der Waals surface area contributed by atoms with Gasteiger partial charge in [-0.1, -0.05) is 39.2 Å². The zero-order chi connectivity index (χ0) is 16.0. The van der Waals surface area contributed by atoms with Crippen LogP contribution in [0.5, 0.6) is 5.75 Å². The number of aryl methyl sites for hydroxylation is 1. The maximum Gasteiger partial charge on any atom is 0.328 e. The number of rotatable bonds is 4. The third-order valence-corrected chi connectivity index (χ3v) is 5.12. The SMILES string of the molecule is CB(OC(C)(C)C(C)(C)C)c1c(C)cc(C2CC2)cc1O. The van der Waals surface area contributed by atoms with E-state index in [1.807, 2.05) is 12.9 Å². The van der Waals surface area contributed by atoms with Crippen molar-refractivity contribution in [2.24, 2.45) is 5.41 Å². The highest BCUT2D eigenvalue weighted by molar-refractivity contribution is 6.67. The van der Waals surface area contributed by atoms with Gasteiger partial charge in [0.25, 0.3) is 0 Å². The minimum Gasteiger partial charge on any atom is -0.508 e. The average molecular weight is 288 g/mol. The number of phenolic OH excluding ortho intramolecular Hbond substituents is 1. The van der Waals surface area contributed by atoms with Crippen molar-refractivity contribution in [3.63, 3.8) is 0 Å². The molecular weight excluding hydrogens is 259 g/mol. The Bertz CT molecular complexity index is 502. The van der Waals surface area contributed by atoms with Gasteiger partial charge in [-0.2, -0.15) is 0 Å². The second kappa shape index (κ2) is 5.35. The molecule has 0 amide bonds. The summed E-state index contributed by atoms with van der Waals surface area (Å²) >= 11 is 0. The van der Waals surface area contributed by atoms with E-state index in [1.165, 1.54) is 18.4 Å². The second-order valence-corrected chi connectivity index (χ2v) is 8.07. The van der Waals surface area contributed by atoms with Crippen molar-refractivity contribution in [1.82, 2.24) is 0 Å². The molecule has 1 aromatic rings. The van der Waals surface area contributed by atoms with E-state index < -0.39 is 0 Å². The molecule has 0 atom stereocenters. The Balaban J connectivity index is 2.25. The summed E-state index contributed by atoms with van der Waals surface area (Å²) in [6.45, 7) is 14.8. The van der Waals surface area contributed by atoms with Crippen molar-refractivity contribution >= 4 is 12.4 Å². The van der Waals surface area contributed by atoms with E-state index in [-0.39, 0.29) is 17.9 Å². The molecule has 1 aromatic carbocycles. The number of hydrogen-bond donors (Lipinski definition) is 1. The van der Waals surface area contributed by atoms with E-state index in [0.717, 1.165) is 11.0 Å². The lowest BCUT2D eigenvalue weighted by Crippen LogP contribution is -2.47. The molecule has 1 aliphatic carbocycles. The van der Waals surface area contributed by atoms with Crippen molar-refractivity contribution in [2.45, 2.75) is 72.7 Å². The summed E-state index contributed by atoms with van der Waals surface area (Å²) in [7, 11) is 0. The van der Waals surface area contributed by atoms with Gasteiger partial charge in [0.1, 0.15) is 5.75 Å². The maximum absolute atomic E-state index is 10.4. The highest BCUT2D eigenvalue weighted by Crippen LogP contribution is 2.41. The van der Waals surface area contributed by atoms with Crippen molar-refractivity contribution in [2.75, 3.05) is 0 Å². The Kier molecular flexibility index (Phi) is 4.18. The molecule has 2 nitrogen and oxygen atoms in total. The van der Waals surface area contributed by atoms with Crippen LogP contribution in [0, 0.1) is 12.3 Å². The van der Waals surface area contributed by atoms with Gasteiger partial charge < -0.3 is 9.76 Å². The Hall–Kier alpha value is -0.955. The molecule has 0 spiro atoms. The normalized spacial score (nSPS) is 16.1. The highest BCUT2D eigenvalue weighted by atomic mass is 16.5. The summed E-state index contributed by atoms with van der Waals surface area (Å²) in [6.07, 6.45) is 2.50. The lowest BCUT2D eigenvalue weighted by molar-refractivity contribution is 0.000375. The third kappa shape index (κ3) is 3.45. The summed E-state index contributed by atoms with van der Waals surface area (Å²) < 4.78 is 6.31. The third-order valence-electron chi connectivity index (χ3n) is 5.12. The molecule has 0 aromatic heterocycles. The van der Waals surface area contributed by atoms with Gasteiger partial charge >= 0.3 is 6.92 Å². The van der Waals surface area contributed by atoms with E-state index in [9.17, 15) is 5.11 Å². The monoisotopic (exact) mass is 288 g/mol. The Labute approximate surface area is 130 Å². The summed E-state index contributed by atoms with van der Waals surface area (Å²) in [5, 5.41) is 10.4. The van der Waals surface area contributed by atoms with Crippen LogP contribution in [0.4, 0.5) is 0 Å². The molecule has 21 heavy (non-hydrogen) atoms. The van der Waals surface area contributed by atoms with E-state index in [2.05, 4.69) is 47.6 Å². The standard InChI is InChI=1S/C18H29BO2/c1-12-10-14(13-8-9-13)11-15(20)16(12)19(7)21-18(5,6)17(2,3)4/h10-11,13,20H,8-9H2,1-7H3. The van der Waals surface area contributed by atoms with E-state index >= 15 is 0 Å². The van der Waals surface area contributed by atoms with E-state index in [1.54, 1.807) is 0 Å². The van der Waals surface area contributed by atoms with Gasteiger partial charge in [0, 0.05) is 0 Å². The van der Waals surface area contributed by atoms with Crippen molar-refractivity contribution in [1.29, 1.82) is 0 Å². The Morgan fingerprint density at radius 1 is 1.14 bits per heavy atom. The average Bonchev–Trinajstić information content (AvgIpc) is 3.08. The Morgan fingerprint density at radius 3 is 2.14 bits per heavy atom. The minimum atomic E-state index is -0.263. The van der Waals surface area contributed by atoms with Crippen LogP contribution in [0.15, 0.2) is 12.1 Å². The second-order valence-electron chi connectivity index (χ2n) is 8.07. The number of hydrogen-bond acceptors (Lipinski definition) is 2. The molecule has 1 fully saturated rings. The molecule has 0 heterocycles. The zero-order valence-corrected chi connectivity index (χ0v) is 14.6. The first-order valence-electron chi connectivity index (χ1n) is 8.04. The fourth-order valence-corrected chi connectivity index (χ4v) is 2.67. The van der Waals surface area contributed by atoms with Crippen molar-refractivity contribution in [3.8, 4) is 5.75 Å². The van der Waals surface area contributed by atoms with Gasteiger partial charge in [0.15, 0.2) is 0 Å². The largest absolute Gasteiger partial charge is 0.508 e. The molecule has 0 unspecified atom stereocenters. The fourth-order valence-electron chi connectivity index (χ4n) is 2.67. The van der Waals surface area contributed by atoms with Crippen molar-refractivity contribution in [3.05, 3.63) is 23.3 Å². The lowest BCUT2D eigenvalue weighted by Gasteiger charge is -2.41. The predicted molar refractivity (Wildman–Crippen MR) is 90.7 cm³/mol. The molecule has 0 radical (unpaired) electrons. The van der Waals surface area contributed by atoms with Crippen molar-refractivity contribution < 1.29 is 9.76 Å². The predicted octanol–water partition coefficient (Wildman–Crippen LogP) is 4.25. The van der Waals surface area contributed by atoms with Crippen LogP contribution in [0.1, 0.15) is 64.5 Å². The lowest BCUT2D eigenvalue weighted by atomic mass is 9.59. The molecule has 0 saturated heterocycles. The molecule has 2 rings (SSSR count). The van der Waals surface area contributed by atoms with Gasteiger partial charge in [0.05, 0.1) is 5.60 Å². The number of phenols is 1. The molecule has 116 valence electrons. The number of aromatic hydroxyl groups is 1. The first-order valence-corrected chi connectivity index (χ1v) is 8.04. The zero-order valence-electron chi connectivity index (χ0n) is 14.6.